The molecule has 1 aromatic heterocycles. The quantitative estimate of drug-likeness (QED) is 0.414. The van der Waals surface area contributed by atoms with E-state index in [1.807, 2.05) is 30.3 Å². The molecular formula is C28H29F3N4O. The van der Waals surface area contributed by atoms with Gasteiger partial charge in [0.2, 0.25) is 0 Å². The molecule has 5 nitrogen and oxygen atoms in total. The Morgan fingerprint density at radius 1 is 1.19 bits per heavy atom. The molecule has 0 amide bonds. The molecule has 0 bridgehead atoms. The molecule has 36 heavy (non-hydrogen) atoms. The number of nitrogens with zero attached hydrogens (tertiary/aromatic N) is 2. The van der Waals surface area contributed by atoms with E-state index in [4.69, 9.17) is 4.74 Å². The smallest absolute Gasteiger partial charge is 0.372 e. The summed E-state index contributed by atoms with van der Waals surface area (Å²) >= 11 is 0. The number of hydrogen-bond donors (Lipinski definition) is 2. The minimum atomic E-state index is -4.41. The highest BCUT2D eigenvalue weighted by Crippen LogP contribution is 2.35. The van der Waals surface area contributed by atoms with E-state index in [2.05, 4.69) is 21.7 Å². The maximum Gasteiger partial charge on any atom is 0.416 e. The Morgan fingerprint density at radius 3 is 2.64 bits per heavy atom. The summed E-state index contributed by atoms with van der Waals surface area (Å²) in [4.78, 5) is 4.30. The van der Waals surface area contributed by atoms with Crippen molar-refractivity contribution in [1.29, 1.82) is 5.26 Å². The summed E-state index contributed by atoms with van der Waals surface area (Å²) in [6.07, 6.45) is -1.74. The van der Waals surface area contributed by atoms with E-state index in [0.29, 0.717) is 35.7 Å². The standard InChI is InChI=1S/C28H29F3N4O/c1-19-13-22(15-24(14-19)28(29,30)31)20(2)36-18-27(23-8-4-3-5-9-23)11-10-25(17-34-27)35-26-21(16-32)7-6-12-33-26/h3-9,12-15,20,25,34H,10-11,17-18H2,1-2H3,(H,33,35)/t20-,25?,27-/m1/s1. The second-order valence-electron chi connectivity index (χ2n) is 9.30. The summed E-state index contributed by atoms with van der Waals surface area (Å²) in [5.74, 6) is 0.559. The molecule has 3 aromatic rings. The van der Waals surface area contributed by atoms with Crippen molar-refractivity contribution in [2.45, 2.75) is 50.6 Å². The average Bonchev–Trinajstić information content (AvgIpc) is 2.88. The summed E-state index contributed by atoms with van der Waals surface area (Å²) in [7, 11) is 0. The van der Waals surface area contributed by atoms with Gasteiger partial charge in [-0.05, 0) is 62.1 Å². The lowest BCUT2D eigenvalue weighted by atomic mass is 9.81. The van der Waals surface area contributed by atoms with Gasteiger partial charge in [0.1, 0.15) is 11.9 Å². The van der Waals surface area contributed by atoms with E-state index in [0.717, 1.165) is 24.5 Å². The van der Waals surface area contributed by atoms with Gasteiger partial charge in [0.25, 0.3) is 0 Å². The van der Waals surface area contributed by atoms with Crippen molar-refractivity contribution < 1.29 is 17.9 Å². The highest BCUT2D eigenvalue weighted by Gasteiger charge is 2.38. The number of nitriles is 1. The molecule has 188 valence electrons. The van der Waals surface area contributed by atoms with Gasteiger partial charge >= 0.3 is 6.18 Å². The monoisotopic (exact) mass is 494 g/mol. The Kier molecular flexibility index (Phi) is 7.62. The molecule has 1 fully saturated rings. The Morgan fingerprint density at radius 2 is 1.97 bits per heavy atom. The predicted molar refractivity (Wildman–Crippen MR) is 132 cm³/mol. The van der Waals surface area contributed by atoms with E-state index in [9.17, 15) is 18.4 Å². The normalized spacial score (nSPS) is 20.9. The third kappa shape index (κ3) is 5.86. The molecule has 0 aliphatic carbocycles. The fraction of sp³-hybridized carbons (Fsp3) is 0.357. The number of ether oxygens (including phenoxy) is 1. The lowest BCUT2D eigenvalue weighted by molar-refractivity contribution is -0.137. The Bertz CT molecular complexity index is 1220. The Labute approximate surface area is 209 Å². The number of halogens is 3. The van der Waals surface area contributed by atoms with E-state index < -0.39 is 23.4 Å². The van der Waals surface area contributed by atoms with Crippen molar-refractivity contribution in [3.63, 3.8) is 0 Å². The van der Waals surface area contributed by atoms with Gasteiger partial charge in [-0.1, -0.05) is 42.0 Å². The number of piperidine rings is 1. The number of hydrogen-bond acceptors (Lipinski definition) is 5. The van der Waals surface area contributed by atoms with E-state index in [-0.39, 0.29) is 6.04 Å². The Balaban J connectivity index is 1.49. The summed E-state index contributed by atoms with van der Waals surface area (Å²) in [6.45, 7) is 4.35. The topological polar surface area (TPSA) is 70.0 Å². The van der Waals surface area contributed by atoms with Crippen molar-refractivity contribution in [3.05, 3.63) is 94.7 Å². The van der Waals surface area contributed by atoms with Crippen LogP contribution in [0.4, 0.5) is 19.0 Å². The van der Waals surface area contributed by atoms with Crippen LogP contribution in [0.3, 0.4) is 0 Å². The van der Waals surface area contributed by atoms with Crippen LogP contribution >= 0.6 is 0 Å². The van der Waals surface area contributed by atoms with Crippen molar-refractivity contribution in [1.82, 2.24) is 10.3 Å². The Hall–Kier alpha value is -3.41. The van der Waals surface area contributed by atoms with E-state index in [1.165, 1.54) is 6.07 Å². The highest BCUT2D eigenvalue weighted by atomic mass is 19.4. The first-order valence-electron chi connectivity index (χ1n) is 11.9. The number of benzene rings is 2. The number of alkyl halides is 3. The number of anilines is 1. The first-order valence-corrected chi connectivity index (χ1v) is 11.9. The van der Waals surface area contributed by atoms with E-state index >= 15 is 0 Å². The van der Waals surface area contributed by atoms with Gasteiger partial charge in [0.15, 0.2) is 0 Å². The van der Waals surface area contributed by atoms with Crippen molar-refractivity contribution in [2.24, 2.45) is 0 Å². The maximum absolute atomic E-state index is 13.3. The van der Waals surface area contributed by atoms with Crippen molar-refractivity contribution >= 4 is 5.82 Å². The van der Waals surface area contributed by atoms with Gasteiger partial charge in [-0.2, -0.15) is 18.4 Å². The zero-order valence-corrected chi connectivity index (χ0v) is 20.3. The minimum Gasteiger partial charge on any atom is -0.372 e. The SMILES string of the molecule is Cc1cc([C@@H](C)OC[C@@]2(c3ccccc3)CCC(Nc3ncccc3C#N)CN2)cc(C(F)(F)F)c1. The number of aromatic nitrogens is 1. The van der Waals surface area contributed by atoms with Crippen LogP contribution in [0.1, 0.15) is 53.7 Å². The van der Waals surface area contributed by atoms with E-state index in [1.54, 1.807) is 38.2 Å². The molecule has 0 spiro atoms. The second-order valence-corrected chi connectivity index (χ2v) is 9.30. The van der Waals surface area contributed by atoms with Gasteiger partial charge in [0.05, 0.1) is 29.4 Å². The molecule has 1 saturated heterocycles. The summed E-state index contributed by atoms with van der Waals surface area (Å²) in [5.41, 5.74) is 1.44. The predicted octanol–water partition coefficient (Wildman–Crippen LogP) is 6.12. The molecule has 1 aliphatic heterocycles. The number of pyridine rings is 1. The molecule has 2 N–H and O–H groups in total. The number of nitrogens with one attached hydrogen (secondary N) is 2. The molecule has 0 saturated carbocycles. The summed E-state index contributed by atoms with van der Waals surface area (Å²) in [5, 5.41) is 16.3. The number of aryl methyl sites for hydroxylation is 1. The van der Waals surface area contributed by atoms with Gasteiger partial charge in [0, 0.05) is 18.8 Å². The second kappa shape index (κ2) is 10.7. The minimum absolute atomic E-state index is 0.0624. The van der Waals surface area contributed by atoms with Gasteiger partial charge in [-0.25, -0.2) is 4.98 Å². The molecule has 3 atom stereocenters. The summed E-state index contributed by atoms with van der Waals surface area (Å²) < 4.78 is 46.2. The average molecular weight is 495 g/mol. The van der Waals surface area contributed by atoms with Crippen molar-refractivity contribution in [2.75, 3.05) is 18.5 Å². The van der Waals surface area contributed by atoms with Crippen molar-refractivity contribution in [3.8, 4) is 6.07 Å². The lowest BCUT2D eigenvalue weighted by Gasteiger charge is -2.42. The van der Waals surface area contributed by atoms with Crippen LogP contribution in [0.5, 0.6) is 0 Å². The molecular weight excluding hydrogens is 465 g/mol. The molecule has 8 heteroatoms. The van der Waals surface area contributed by atoms with Gasteiger partial charge < -0.3 is 15.4 Å². The lowest BCUT2D eigenvalue weighted by Crippen LogP contribution is -2.55. The first-order chi connectivity index (χ1) is 17.2. The molecule has 0 radical (unpaired) electrons. The van der Waals surface area contributed by atoms with Crippen LogP contribution in [0, 0.1) is 18.3 Å². The highest BCUT2D eigenvalue weighted by molar-refractivity contribution is 5.52. The van der Waals surface area contributed by atoms with Crippen LogP contribution in [0.15, 0.2) is 66.9 Å². The molecule has 2 aromatic carbocycles. The molecule has 1 aliphatic rings. The molecule has 1 unspecified atom stereocenters. The maximum atomic E-state index is 13.3. The third-order valence-electron chi connectivity index (χ3n) is 6.68. The third-order valence-corrected chi connectivity index (χ3v) is 6.68. The fourth-order valence-electron chi connectivity index (χ4n) is 4.64. The molecule has 4 rings (SSSR count). The zero-order valence-electron chi connectivity index (χ0n) is 20.3. The largest absolute Gasteiger partial charge is 0.416 e. The fourth-order valence-corrected chi connectivity index (χ4v) is 4.64. The number of rotatable bonds is 7. The summed E-state index contributed by atoms with van der Waals surface area (Å²) in [6, 6.07) is 19.7. The molecule has 2 heterocycles. The van der Waals surface area contributed by atoms with Crippen LogP contribution < -0.4 is 10.6 Å². The van der Waals surface area contributed by atoms with Crippen LogP contribution in [-0.2, 0) is 16.5 Å². The zero-order chi connectivity index (χ0) is 25.8. The van der Waals surface area contributed by atoms with Crippen LogP contribution in [-0.4, -0.2) is 24.2 Å². The van der Waals surface area contributed by atoms with Crippen LogP contribution in [0.25, 0.3) is 0 Å². The van der Waals surface area contributed by atoms with Crippen LogP contribution in [0.2, 0.25) is 0 Å². The van der Waals surface area contributed by atoms with Gasteiger partial charge in [-0.3, -0.25) is 0 Å². The van der Waals surface area contributed by atoms with Gasteiger partial charge in [-0.15, -0.1) is 0 Å². The first kappa shape index (κ1) is 25.7.